The molecule has 4 heteroatoms. The molecular formula is C17H27BrN2O. The number of nitrogens with two attached hydrogens (primary N) is 1. The lowest BCUT2D eigenvalue weighted by Gasteiger charge is -2.39. The largest absolute Gasteiger partial charge is 0.492 e. The molecule has 0 spiro atoms. The third-order valence-corrected chi connectivity index (χ3v) is 4.98. The highest BCUT2D eigenvalue weighted by Gasteiger charge is 2.28. The second-order valence-corrected chi connectivity index (χ2v) is 6.70. The van der Waals surface area contributed by atoms with Gasteiger partial charge in [-0.3, -0.25) is 4.90 Å². The van der Waals surface area contributed by atoms with Crippen LogP contribution in [0, 0.1) is 5.92 Å². The van der Waals surface area contributed by atoms with Gasteiger partial charge in [-0.05, 0) is 50.0 Å². The Morgan fingerprint density at radius 2 is 2.14 bits per heavy atom. The summed E-state index contributed by atoms with van der Waals surface area (Å²) in [4.78, 5) is 2.55. The molecule has 0 amide bonds. The lowest BCUT2D eigenvalue weighted by atomic mass is 9.83. The van der Waals surface area contributed by atoms with E-state index in [4.69, 9.17) is 10.5 Å². The van der Waals surface area contributed by atoms with Gasteiger partial charge in [-0.25, -0.2) is 0 Å². The van der Waals surface area contributed by atoms with E-state index in [-0.39, 0.29) is 0 Å². The second kappa shape index (κ2) is 8.76. The normalized spacial score (nSPS) is 22.5. The minimum atomic E-state index is 0.639. The lowest BCUT2D eigenvalue weighted by molar-refractivity contribution is 0.0958. The van der Waals surface area contributed by atoms with Crippen LogP contribution in [0.25, 0.3) is 0 Å². The van der Waals surface area contributed by atoms with Crippen molar-refractivity contribution in [1.29, 1.82) is 0 Å². The van der Waals surface area contributed by atoms with E-state index in [2.05, 4.69) is 27.8 Å². The van der Waals surface area contributed by atoms with Crippen LogP contribution in [-0.2, 0) is 0 Å². The first-order valence-electron chi connectivity index (χ1n) is 8.07. The Bertz CT molecular complexity index is 427. The maximum atomic E-state index is 5.96. The number of hydrogen-bond donors (Lipinski definition) is 1. The summed E-state index contributed by atoms with van der Waals surface area (Å²) in [5, 5.41) is 0. The average molecular weight is 355 g/mol. The van der Waals surface area contributed by atoms with Gasteiger partial charge >= 0.3 is 0 Å². The fraction of sp³-hybridized carbons (Fsp3) is 0.647. The van der Waals surface area contributed by atoms with Crippen LogP contribution in [-0.4, -0.2) is 37.2 Å². The van der Waals surface area contributed by atoms with Crippen LogP contribution in [0.3, 0.4) is 0 Å². The summed E-state index contributed by atoms with van der Waals surface area (Å²) < 4.78 is 6.93. The molecule has 0 aliphatic heterocycles. The minimum Gasteiger partial charge on any atom is -0.492 e. The van der Waals surface area contributed by atoms with Crippen molar-refractivity contribution in [3.8, 4) is 5.75 Å². The van der Waals surface area contributed by atoms with E-state index in [1.54, 1.807) is 0 Å². The Morgan fingerprint density at radius 3 is 2.86 bits per heavy atom. The Morgan fingerprint density at radius 1 is 1.33 bits per heavy atom. The Labute approximate surface area is 137 Å². The highest BCUT2D eigenvalue weighted by Crippen LogP contribution is 2.27. The van der Waals surface area contributed by atoms with Gasteiger partial charge in [0.15, 0.2) is 0 Å². The van der Waals surface area contributed by atoms with Crippen molar-refractivity contribution in [2.75, 3.05) is 26.2 Å². The summed E-state index contributed by atoms with van der Waals surface area (Å²) in [6, 6.07) is 8.67. The number of halogens is 1. The van der Waals surface area contributed by atoms with Crippen LogP contribution in [0.2, 0.25) is 0 Å². The van der Waals surface area contributed by atoms with E-state index < -0.39 is 0 Å². The standard InChI is InChI=1S/C17H27BrN2O/c1-2-20(17-9-4-3-6-14(17)13-19)10-11-21-16-8-5-7-15(18)12-16/h5,7-8,12,14,17H,2-4,6,9-11,13,19H2,1H3. The zero-order valence-electron chi connectivity index (χ0n) is 12.9. The monoisotopic (exact) mass is 354 g/mol. The zero-order valence-corrected chi connectivity index (χ0v) is 14.5. The predicted molar refractivity (Wildman–Crippen MR) is 91.7 cm³/mol. The first kappa shape index (κ1) is 16.8. The van der Waals surface area contributed by atoms with E-state index in [1.165, 1.54) is 25.7 Å². The summed E-state index contributed by atoms with van der Waals surface area (Å²) in [7, 11) is 0. The first-order chi connectivity index (χ1) is 10.2. The van der Waals surface area contributed by atoms with Gasteiger partial charge in [-0.2, -0.15) is 0 Å². The minimum absolute atomic E-state index is 0.639. The Balaban J connectivity index is 1.84. The smallest absolute Gasteiger partial charge is 0.120 e. The third kappa shape index (κ3) is 4.97. The van der Waals surface area contributed by atoms with Gasteiger partial charge in [-0.15, -0.1) is 0 Å². The molecule has 1 fully saturated rings. The highest BCUT2D eigenvalue weighted by molar-refractivity contribution is 9.10. The van der Waals surface area contributed by atoms with Crippen molar-refractivity contribution < 1.29 is 4.74 Å². The SMILES string of the molecule is CCN(CCOc1cccc(Br)c1)C1CCCCC1CN. The summed E-state index contributed by atoms with van der Waals surface area (Å²) in [6.45, 7) is 5.83. The van der Waals surface area contributed by atoms with Crippen LogP contribution in [0.15, 0.2) is 28.7 Å². The van der Waals surface area contributed by atoms with Crippen LogP contribution in [0.5, 0.6) is 5.75 Å². The molecule has 2 unspecified atom stereocenters. The number of hydrogen-bond acceptors (Lipinski definition) is 3. The Kier molecular flexibility index (Phi) is 7.00. The van der Waals surface area contributed by atoms with Gasteiger partial charge in [-0.1, -0.05) is 41.8 Å². The molecule has 118 valence electrons. The van der Waals surface area contributed by atoms with E-state index in [1.807, 2.05) is 24.3 Å². The van der Waals surface area contributed by atoms with Crippen molar-refractivity contribution in [2.45, 2.75) is 38.6 Å². The molecule has 1 aliphatic rings. The average Bonchev–Trinajstić information content (AvgIpc) is 2.52. The van der Waals surface area contributed by atoms with E-state index in [9.17, 15) is 0 Å². The van der Waals surface area contributed by atoms with Crippen LogP contribution >= 0.6 is 15.9 Å². The van der Waals surface area contributed by atoms with Crippen molar-refractivity contribution >= 4 is 15.9 Å². The maximum absolute atomic E-state index is 5.96. The van der Waals surface area contributed by atoms with Gasteiger partial charge < -0.3 is 10.5 Å². The van der Waals surface area contributed by atoms with Crippen LogP contribution in [0.4, 0.5) is 0 Å². The topological polar surface area (TPSA) is 38.5 Å². The molecule has 0 bridgehead atoms. The highest BCUT2D eigenvalue weighted by atomic mass is 79.9. The second-order valence-electron chi connectivity index (χ2n) is 5.78. The van der Waals surface area contributed by atoms with Crippen LogP contribution in [0.1, 0.15) is 32.6 Å². The van der Waals surface area contributed by atoms with Crippen molar-refractivity contribution in [3.05, 3.63) is 28.7 Å². The summed E-state index contributed by atoms with van der Waals surface area (Å²) in [5.74, 6) is 1.59. The number of ether oxygens (including phenoxy) is 1. The predicted octanol–water partition coefficient (Wildman–Crippen LogP) is 3.67. The van der Waals surface area contributed by atoms with E-state index in [0.29, 0.717) is 12.0 Å². The van der Waals surface area contributed by atoms with Gasteiger partial charge in [0, 0.05) is 17.1 Å². The molecule has 3 nitrogen and oxygen atoms in total. The van der Waals surface area contributed by atoms with Crippen molar-refractivity contribution in [2.24, 2.45) is 11.7 Å². The van der Waals surface area contributed by atoms with Crippen molar-refractivity contribution in [1.82, 2.24) is 4.90 Å². The molecule has 0 heterocycles. The molecule has 1 aromatic rings. The molecule has 21 heavy (non-hydrogen) atoms. The van der Waals surface area contributed by atoms with Gasteiger partial charge in [0.25, 0.3) is 0 Å². The van der Waals surface area contributed by atoms with Crippen LogP contribution < -0.4 is 10.5 Å². The molecule has 0 radical (unpaired) electrons. The van der Waals surface area contributed by atoms with Gasteiger partial charge in [0.1, 0.15) is 12.4 Å². The molecule has 2 N–H and O–H groups in total. The summed E-state index contributed by atoms with van der Waals surface area (Å²) in [5.41, 5.74) is 5.96. The molecule has 2 atom stereocenters. The Hall–Kier alpha value is -0.580. The summed E-state index contributed by atoms with van der Waals surface area (Å²) in [6.07, 6.45) is 5.24. The van der Waals surface area contributed by atoms with Crippen molar-refractivity contribution in [3.63, 3.8) is 0 Å². The number of nitrogens with zero attached hydrogens (tertiary/aromatic N) is 1. The quantitative estimate of drug-likeness (QED) is 0.811. The lowest BCUT2D eigenvalue weighted by Crippen LogP contribution is -2.46. The molecule has 1 saturated carbocycles. The first-order valence-corrected chi connectivity index (χ1v) is 8.86. The molecule has 1 aliphatic carbocycles. The molecule has 0 aromatic heterocycles. The fourth-order valence-electron chi connectivity index (χ4n) is 3.34. The third-order valence-electron chi connectivity index (χ3n) is 4.49. The molecule has 0 saturated heterocycles. The zero-order chi connectivity index (χ0) is 15.1. The molecule has 1 aromatic carbocycles. The van der Waals surface area contributed by atoms with E-state index in [0.717, 1.165) is 36.5 Å². The number of likely N-dealkylation sites (N-methyl/N-ethyl adjacent to an activating group) is 1. The molecular weight excluding hydrogens is 328 g/mol. The number of rotatable bonds is 7. The number of benzene rings is 1. The summed E-state index contributed by atoms with van der Waals surface area (Å²) >= 11 is 3.47. The van der Waals surface area contributed by atoms with Gasteiger partial charge in [0.2, 0.25) is 0 Å². The van der Waals surface area contributed by atoms with E-state index >= 15 is 0 Å². The maximum Gasteiger partial charge on any atom is 0.120 e. The van der Waals surface area contributed by atoms with Gasteiger partial charge in [0.05, 0.1) is 0 Å². The fourth-order valence-corrected chi connectivity index (χ4v) is 3.72. The molecule has 2 rings (SSSR count).